The normalized spacial score (nSPS) is 11.2. The van der Waals surface area contributed by atoms with Crippen molar-refractivity contribution in [1.29, 1.82) is 0 Å². The van der Waals surface area contributed by atoms with Crippen LogP contribution in [0.25, 0.3) is 0 Å². The van der Waals surface area contributed by atoms with Crippen LogP contribution in [0.2, 0.25) is 0 Å². The number of rotatable bonds is 5. The van der Waals surface area contributed by atoms with Crippen molar-refractivity contribution in [2.24, 2.45) is 0 Å². The molecule has 2 N–H and O–H groups in total. The van der Waals surface area contributed by atoms with Gasteiger partial charge < -0.3 is 10.1 Å². The molecule has 24 heavy (non-hydrogen) atoms. The Hall–Kier alpha value is -2.38. The third kappa shape index (κ3) is 3.74. The summed E-state index contributed by atoms with van der Waals surface area (Å²) in [6.07, 6.45) is 0. The summed E-state index contributed by atoms with van der Waals surface area (Å²) in [6.45, 7) is 3.82. The largest absolute Gasteiger partial charge is 0.495 e. The summed E-state index contributed by atoms with van der Waals surface area (Å²) in [5.41, 5.74) is 2.86. The van der Waals surface area contributed by atoms with Crippen LogP contribution in [0.3, 0.4) is 0 Å². The van der Waals surface area contributed by atoms with Gasteiger partial charge in [-0.1, -0.05) is 12.1 Å². The van der Waals surface area contributed by atoms with E-state index < -0.39 is 10.0 Å². The summed E-state index contributed by atoms with van der Waals surface area (Å²) in [7, 11) is -1.06. The Morgan fingerprint density at radius 3 is 2.42 bits per heavy atom. The number of hydrogen-bond acceptors (Lipinski definition) is 4. The molecule has 0 fully saturated rings. The molecule has 0 aliphatic carbocycles. The lowest BCUT2D eigenvalue weighted by Crippen LogP contribution is -2.20. The summed E-state index contributed by atoms with van der Waals surface area (Å²) in [6, 6.07) is 10.0. The van der Waals surface area contributed by atoms with Crippen molar-refractivity contribution in [2.75, 3.05) is 19.5 Å². The highest BCUT2D eigenvalue weighted by Gasteiger charge is 2.20. The van der Waals surface area contributed by atoms with Crippen LogP contribution in [0, 0.1) is 13.8 Å². The van der Waals surface area contributed by atoms with Crippen LogP contribution in [0.4, 0.5) is 5.69 Å². The second-order valence-electron chi connectivity index (χ2n) is 5.35. The van der Waals surface area contributed by atoms with Crippen LogP contribution in [-0.2, 0) is 10.0 Å². The number of hydrogen-bond donors (Lipinski definition) is 2. The highest BCUT2D eigenvalue weighted by atomic mass is 32.2. The van der Waals surface area contributed by atoms with Gasteiger partial charge in [-0.05, 0) is 56.3 Å². The Morgan fingerprint density at radius 1 is 1.08 bits per heavy atom. The zero-order chi connectivity index (χ0) is 17.9. The zero-order valence-electron chi connectivity index (χ0n) is 14.0. The Balaban J connectivity index is 2.40. The predicted molar refractivity (Wildman–Crippen MR) is 93.1 cm³/mol. The fourth-order valence-corrected chi connectivity index (χ4v) is 3.12. The van der Waals surface area contributed by atoms with E-state index in [1.54, 1.807) is 0 Å². The van der Waals surface area contributed by atoms with Crippen molar-refractivity contribution in [1.82, 2.24) is 4.72 Å². The van der Waals surface area contributed by atoms with Gasteiger partial charge in [0.05, 0.1) is 7.11 Å². The molecule has 0 aromatic heterocycles. The molecular weight excluding hydrogens is 328 g/mol. The first-order valence-corrected chi connectivity index (χ1v) is 8.77. The minimum atomic E-state index is -3.74. The summed E-state index contributed by atoms with van der Waals surface area (Å²) in [5, 5.41) is 2.81. The van der Waals surface area contributed by atoms with Crippen LogP contribution in [0.15, 0.2) is 41.3 Å². The zero-order valence-corrected chi connectivity index (χ0v) is 14.8. The maximum absolute atomic E-state index is 12.5. The van der Waals surface area contributed by atoms with Crippen LogP contribution in [0.5, 0.6) is 5.75 Å². The van der Waals surface area contributed by atoms with Gasteiger partial charge in [0.25, 0.3) is 5.91 Å². The first-order chi connectivity index (χ1) is 11.3. The van der Waals surface area contributed by atoms with Gasteiger partial charge in [-0.15, -0.1) is 0 Å². The van der Waals surface area contributed by atoms with Gasteiger partial charge in [0.15, 0.2) is 0 Å². The highest BCUT2D eigenvalue weighted by Crippen LogP contribution is 2.25. The molecule has 0 aliphatic heterocycles. The van der Waals surface area contributed by atoms with Crippen LogP contribution in [-0.4, -0.2) is 28.5 Å². The number of benzene rings is 2. The molecule has 0 atom stereocenters. The lowest BCUT2D eigenvalue weighted by Gasteiger charge is -2.12. The van der Waals surface area contributed by atoms with Crippen molar-refractivity contribution in [3.63, 3.8) is 0 Å². The third-order valence-corrected chi connectivity index (χ3v) is 5.06. The highest BCUT2D eigenvalue weighted by molar-refractivity contribution is 7.89. The summed E-state index contributed by atoms with van der Waals surface area (Å²) < 4.78 is 31.5. The van der Waals surface area contributed by atoms with Gasteiger partial charge in [0.2, 0.25) is 10.0 Å². The maximum Gasteiger partial charge on any atom is 0.255 e. The number of anilines is 1. The lowest BCUT2D eigenvalue weighted by atomic mass is 10.1. The van der Waals surface area contributed by atoms with Crippen molar-refractivity contribution in [3.8, 4) is 5.75 Å². The quantitative estimate of drug-likeness (QED) is 0.869. The smallest absolute Gasteiger partial charge is 0.255 e. The fraction of sp³-hybridized carbons (Fsp3) is 0.235. The summed E-state index contributed by atoms with van der Waals surface area (Å²) in [5.74, 6) is -0.216. The molecule has 2 aromatic rings. The molecule has 6 nitrogen and oxygen atoms in total. The number of carbonyl (C=O) groups excluding carboxylic acids is 1. The van der Waals surface area contributed by atoms with Gasteiger partial charge in [-0.25, -0.2) is 13.1 Å². The Morgan fingerprint density at radius 2 is 1.79 bits per heavy atom. The van der Waals surface area contributed by atoms with E-state index in [4.69, 9.17) is 4.74 Å². The van der Waals surface area contributed by atoms with E-state index in [0.717, 1.165) is 11.1 Å². The molecular formula is C17H20N2O4S. The molecule has 0 saturated heterocycles. The summed E-state index contributed by atoms with van der Waals surface area (Å²) >= 11 is 0. The van der Waals surface area contributed by atoms with E-state index in [0.29, 0.717) is 5.69 Å². The third-order valence-electron chi connectivity index (χ3n) is 3.63. The monoisotopic (exact) mass is 348 g/mol. The molecule has 0 heterocycles. The molecule has 2 aromatic carbocycles. The van der Waals surface area contributed by atoms with Crippen molar-refractivity contribution in [2.45, 2.75) is 18.7 Å². The maximum atomic E-state index is 12.5. The second kappa shape index (κ2) is 7.02. The molecule has 0 spiro atoms. The van der Waals surface area contributed by atoms with Crippen molar-refractivity contribution in [3.05, 3.63) is 53.1 Å². The average Bonchev–Trinajstić information content (AvgIpc) is 2.57. The Kier molecular flexibility index (Phi) is 5.26. The minimum absolute atomic E-state index is 0.0823. The summed E-state index contributed by atoms with van der Waals surface area (Å²) in [4.78, 5) is 12.4. The molecule has 0 bridgehead atoms. The van der Waals surface area contributed by atoms with Gasteiger partial charge in [-0.3, -0.25) is 4.79 Å². The van der Waals surface area contributed by atoms with Crippen LogP contribution >= 0.6 is 0 Å². The van der Waals surface area contributed by atoms with Crippen LogP contribution < -0.4 is 14.8 Å². The second-order valence-corrected chi connectivity index (χ2v) is 7.20. The number of aryl methyl sites for hydroxylation is 2. The standard InChI is InChI=1S/C17H20N2O4S/c1-11-5-6-12(2)14(9-11)19-17(20)13-7-8-15(23-4)16(10-13)24(21,22)18-3/h5-10,18H,1-4H3,(H,19,20). The molecule has 0 aliphatic rings. The predicted octanol–water partition coefficient (Wildman–Crippen LogP) is 2.47. The van der Waals surface area contributed by atoms with E-state index in [2.05, 4.69) is 10.0 Å². The van der Waals surface area contributed by atoms with Gasteiger partial charge >= 0.3 is 0 Å². The van der Waals surface area contributed by atoms with Gasteiger partial charge in [0.1, 0.15) is 10.6 Å². The van der Waals surface area contributed by atoms with Crippen molar-refractivity contribution < 1.29 is 17.9 Å². The van der Waals surface area contributed by atoms with E-state index in [-0.39, 0.29) is 22.1 Å². The number of carbonyl (C=O) groups is 1. The number of nitrogens with one attached hydrogen (secondary N) is 2. The van der Waals surface area contributed by atoms with Gasteiger partial charge in [0, 0.05) is 11.3 Å². The average molecular weight is 348 g/mol. The molecule has 2 rings (SSSR count). The number of ether oxygens (including phenoxy) is 1. The number of amides is 1. The molecule has 1 amide bonds. The first-order valence-electron chi connectivity index (χ1n) is 7.28. The number of methoxy groups -OCH3 is 1. The lowest BCUT2D eigenvalue weighted by molar-refractivity contribution is 0.102. The first kappa shape index (κ1) is 18.0. The SMILES string of the molecule is CNS(=O)(=O)c1cc(C(=O)Nc2cc(C)ccc2C)ccc1OC. The van der Waals surface area contributed by atoms with E-state index >= 15 is 0 Å². The topological polar surface area (TPSA) is 84.5 Å². The van der Waals surface area contributed by atoms with E-state index in [9.17, 15) is 13.2 Å². The molecule has 0 saturated carbocycles. The number of sulfonamides is 1. The van der Waals surface area contributed by atoms with E-state index in [1.807, 2.05) is 32.0 Å². The minimum Gasteiger partial charge on any atom is -0.495 e. The molecule has 7 heteroatoms. The molecule has 0 radical (unpaired) electrons. The molecule has 128 valence electrons. The fourth-order valence-electron chi connectivity index (χ4n) is 2.20. The Labute approximate surface area is 141 Å². The van der Waals surface area contributed by atoms with Gasteiger partial charge in [-0.2, -0.15) is 0 Å². The van der Waals surface area contributed by atoms with Crippen LogP contribution in [0.1, 0.15) is 21.5 Å². The van der Waals surface area contributed by atoms with Crippen molar-refractivity contribution >= 4 is 21.6 Å². The molecule has 0 unspecified atom stereocenters. The Bertz CT molecular complexity index is 876. The van der Waals surface area contributed by atoms with E-state index in [1.165, 1.54) is 32.4 Å².